The van der Waals surface area contributed by atoms with Gasteiger partial charge in [0.25, 0.3) is 5.84 Å². The van der Waals surface area contributed by atoms with Crippen molar-refractivity contribution in [2.75, 3.05) is 13.2 Å². The van der Waals surface area contributed by atoms with E-state index < -0.39 is 22.2 Å². The largest absolute Gasteiger partial charge is 0.343 e. The predicted molar refractivity (Wildman–Crippen MR) is 77.8 cm³/mol. The molecule has 0 bridgehead atoms. The minimum Gasteiger partial charge on any atom is -0.314 e. The number of nitrogens with two attached hydrogens (primary N) is 1. The van der Waals surface area contributed by atoms with Gasteiger partial charge in [-0.05, 0) is 26.7 Å². The van der Waals surface area contributed by atoms with Gasteiger partial charge < -0.3 is 9.47 Å². The van der Waals surface area contributed by atoms with Crippen LogP contribution in [0.4, 0.5) is 0 Å². The highest BCUT2D eigenvalue weighted by Gasteiger charge is 3.03. The Hall–Kier alpha value is -1.63. The average molecular weight is 303 g/mol. The Balaban J connectivity index is 2.21. The number of nitrogens with zero attached hydrogens (tertiary/aromatic N) is 2. The number of amidine groups is 1. The van der Waals surface area contributed by atoms with Gasteiger partial charge in [0.2, 0.25) is 0 Å². The zero-order valence-electron chi connectivity index (χ0n) is 13.2. The molecule has 2 atom stereocenters. The summed E-state index contributed by atoms with van der Waals surface area (Å²) in [5, 5.41) is 20.1. The fourth-order valence-corrected chi connectivity index (χ4v) is 5.24. The van der Waals surface area contributed by atoms with Crippen LogP contribution in [-0.4, -0.2) is 25.0 Å². The molecular formula is C16H23N4O2+. The number of nitrogens with one attached hydrogen (secondary N) is 1. The first-order chi connectivity index (χ1) is 10.6. The molecule has 2 fully saturated rings. The summed E-state index contributed by atoms with van der Waals surface area (Å²) < 4.78 is 11.8. The maximum absolute atomic E-state index is 10.1. The predicted octanol–water partition coefficient (Wildman–Crippen LogP) is 0.149. The van der Waals surface area contributed by atoms with E-state index >= 15 is 0 Å². The molecule has 0 aromatic rings. The quantitative estimate of drug-likeness (QED) is 0.719. The highest BCUT2D eigenvalue weighted by atomic mass is 16.7. The van der Waals surface area contributed by atoms with E-state index in [0.29, 0.717) is 19.0 Å². The van der Waals surface area contributed by atoms with Gasteiger partial charge in [-0.15, -0.1) is 0 Å². The molecule has 22 heavy (non-hydrogen) atoms. The Morgan fingerprint density at radius 1 is 1.09 bits per heavy atom. The van der Waals surface area contributed by atoms with Gasteiger partial charge in [0.05, 0.1) is 25.4 Å². The Morgan fingerprint density at radius 3 is 2.14 bits per heavy atom. The van der Waals surface area contributed by atoms with Crippen molar-refractivity contribution in [3.8, 4) is 12.1 Å². The topological polar surface area (TPSA) is 106 Å². The summed E-state index contributed by atoms with van der Waals surface area (Å²) in [4.78, 5) is 3.03. The second-order valence-corrected chi connectivity index (χ2v) is 6.39. The van der Waals surface area contributed by atoms with E-state index in [1.807, 2.05) is 13.8 Å². The van der Waals surface area contributed by atoms with Gasteiger partial charge in [-0.25, -0.2) is 4.99 Å². The number of ether oxygens (including phenoxy) is 2. The van der Waals surface area contributed by atoms with Crippen molar-refractivity contribution in [3.63, 3.8) is 0 Å². The van der Waals surface area contributed by atoms with Gasteiger partial charge in [0.1, 0.15) is 0 Å². The molecule has 3 aliphatic rings. The third-order valence-corrected chi connectivity index (χ3v) is 5.87. The lowest BCUT2D eigenvalue weighted by atomic mass is 9.76. The first kappa shape index (κ1) is 15.3. The molecule has 0 saturated heterocycles. The average Bonchev–Trinajstić information content (AvgIpc) is 2.94. The number of nitriles is 2. The lowest BCUT2D eigenvalue weighted by Gasteiger charge is -2.34. The lowest BCUT2D eigenvalue weighted by molar-refractivity contribution is -0.695. The number of rotatable bonds is 4. The van der Waals surface area contributed by atoms with E-state index in [2.05, 4.69) is 17.1 Å². The molecule has 0 radical (unpaired) electrons. The molecule has 1 heterocycles. The first-order valence-electron chi connectivity index (χ1n) is 8.09. The molecule has 6 nitrogen and oxygen atoms in total. The molecule has 0 aromatic carbocycles. The molecule has 2 saturated carbocycles. The smallest absolute Gasteiger partial charge is 0.314 e. The minimum absolute atomic E-state index is 0.334. The molecule has 0 aromatic heterocycles. The molecule has 6 heteroatoms. The van der Waals surface area contributed by atoms with Gasteiger partial charge in [0.15, 0.2) is 10.8 Å². The summed E-state index contributed by atoms with van der Waals surface area (Å²) in [6.07, 6.45) is 4.79. The zero-order valence-corrected chi connectivity index (χ0v) is 13.2. The second-order valence-electron chi connectivity index (χ2n) is 6.39. The monoisotopic (exact) mass is 303 g/mol. The molecular weight excluding hydrogens is 280 g/mol. The summed E-state index contributed by atoms with van der Waals surface area (Å²) in [5.41, 5.74) is 3.70. The molecule has 1 aliphatic heterocycles. The van der Waals surface area contributed by atoms with Gasteiger partial charge in [0, 0.05) is 5.41 Å². The van der Waals surface area contributed by atoms with Crippen molar-refractivity contribution in [1.82, 2.24) is 0 Å². The normalized spacial score (nSPS) is 37.0. The molecule has 1 spiro atoms. The number of fused-ring (bicyclic) bond motifs is 3. The minimum atomic E-state index is -1.32. The number of hydrogen-bond donors (Lipinski definition) is 2. The highest BCUT2D eigenvalue weighted by molar-refractivity contribution is 5.95. The van der Waals surface area contributed by atoms with E-state index in [0.717, 1.165) is 32.1 Å². The molecule has 118 valence electrons. The third kappa shape index (κ3) is 1.22. The highest BCUT2D eigenvalue weighted by Crippen LogP contribution is 2.86. The van der Waals surface area contributed by atoms with Crippen LogP contribution in [0.3, 0.4) is 0 Å². The SMILES string of the molecule is CCOC1(OCC)[NH+]=C(N)[C@]2(C#N)C3(CCCCC3)[C@]12C#N. The molecule has 2 aliphatic carbocycles. The van der Waals surface area contributed by atoms with Crippen molar-refractivity contribution in [3.05, 3.63) is 0 Å². The Bertz CT molecular complexity index is 590. The van der Waals surface area contributed by atoms with Gasteiger partial charge >= 0.3 is 5.91 Å². The van der Waals surface area contributed by atoms with Crippen molar-refractivity contribution in [2.45, 2.75) is 51.9 Å². The maximum atomic E-state index is 10.1. The Labute approximate surface area is 130 Å². The van der Waals surface area contributed by atoms with Gasteiger partial charge in [-0.3, -0.25) is 5.73 Å². The van der Waals surface area contributed by atoms with Crippen molar-refractivity contribution >= 4 is 5.84 Å². The van der Waals surface area contributed by atoms with Crippen LogP contribution in [0, 0.1) is 38.9 Å². The van der Waals surface area contributed by atoms with Crippen molar-refractivity contribution in [1.29, 1.82) is 10.5 Å². The summed E-state index contributed by atoms with van der Waals surface area (Å²) in [6, 6.07) is 4.80. The van der Waals surface area contributed by atoms with E-state index in [4.69, 9.17) is 15.2 Å². The van der Waals surface area contributed by atoms with Crippen LogP contribution in [0.2, 0.25) is 0 Å². The summed E-state index contributed by atoms with van der Waals surface area (Å²) in [5.74, 6) is -0.983. The van der Waals surface area contributed by atoms with E-state index in [9.17, 15) is 10.5 Å². The molecule has 3 rings (SSSR count). The first-order valence-corrected chi connectivity index (χ1v) is 8.09. The van der Waals surface area contributed by atoms with E-state index in [-0.39, 0.29) is 0 Å². The van der Waals surface area contributed by atoms with E-state index in [1.54, 1.807) is 0 Å². The van der Waals surface area contributed by atoms with Crippen LogP contribution < -0.4 is 10.7 Å². The molecule has 0 unspecified atom stereocenters. The molecule has 3 N–H and O–H groups in total. The maximum Gasteiger partial charge on any atom is 0.343 e. The fraction of sp³-hybridized carbons (Fsp3) is 0.812. The Morgan fingerprint density at radius 2 is 1.68 bits per heavy atom. The lowest BCUT2D eigenvalue weighted by Crippen LogP contribution is -2.91. The second kappa shape index (κ2) is 4.68. The number of hydrogen-bond acceptors (Lipinski definition) is 5. The van der Waals surface area contributed by atoms with Gasteiger partial charge in [-0.2, -0.15) is 10.5 Å². The molecule has 0 amide bonds. The summed E-state index contributed by atoms with van der Waals surface area (Å²) in [7, 11) is 0. The van der Waals surface area contributed by atoms with Crippen LogP contribution in [0.15, 0.2) is 0 Å². The van der Waals surface area contributed by atoms with Crippen molar-refractivity contribution in [2.24, 2.45) is 22.0 Å². The standard InChI is InChI=1S/C16H22N4O2/c1-3-21-16(22-4-2)15(11-18)13(8-6-5-7-9-13)14(15,10-17)12(19)20-16/h3-9H2,1-2H3,(H2,19,20)/p+1/t14-,15+/m1/s1. The zero-order chi connectivity index (χ0) is 16.1. The third-order valence-electron chi connectivity index (χ3n) is 5.87. The van der Waals surface area contributed by atoms with Crippen LogP contribution in [0.5, 0.6) is 0 Å². The van der Waals surface area contributed by atoms with Crippen LogP contribution in [-0.2, 0) is 9.47 Å². The van der Waals surface area contributed by atoms with Crippen LogP contribution >= 0.6 is 0 Å². The summed E-state index contributed by atoms with van der Waals surface area (Å²) in [6.45, 7) is 4.46. The van der Waals surface area contributed by atoms with Gasteiger partial charge in [-0.1, -0.05) is 19.3 Å². The van der Waals surface area contributed by atoms with E-state index in [1.165, 1.54) is 0 Å². The fourth-order valence-electron chi connectivity index (χ4n) is 5.24. The summed E-state index contributed by atoms with van der Waals surface area (Å²) >= 11 is 0. The van der Waals surface area contributed by atoms with Crippen LogP contribution in [0.25, 0.3) is 0 Å². The Kier molecular flexibility index (Phi) is 3.25. The van der Waals surface area contributed by atoms with Crippen molar-refractivity contribution < 1.29 is 14.5 Å². The van der Waals surface area contributed by atoms with Crippen LogP contribution in [0.1, 0.15) is 46.0 Å².